The molecule has 4 nitrogen and oxygen atoms in total. The Morgan fingerprint density at radius 1 is 1.04 bits per heavy atom. The second-order valence-corrected chi connectivity index (χ2v) is 8.48. The monoisotopic (exact) mass is 388 g/mol. The van der Waals surface area contributed by atoms with Crippen LogP contribution in [0.2, 0.25) is 0 Å². The van der Waals surface area contributed by atoms with Gasteiger partial charge in [-0.3, -0.25) is 4.40 Å². The first-order valence-electron chi connectivity index (χ1n) is 9.56. The molecule has 140 valence electrons. The van der Waals surface area contributed by atoms with E-state index in [0.29, 0.717) is 5.69 Å². The summed E-state index contributed by atoms with van der Waals surface area (Å²) in [4.78, 5) is 18.7. The number of thiazole rings is 1. The molecule has 2 aromatic carbocycles. The lowest BCUT2D eigenvalue weighted by Gasteiger charge is -2.17. The predicted octanol–water partition coefficient (Wildman–Crippen LogP) is 5.62. The highest BCUT2D eigenvalue weighted by Gasteiger charge is 2.25. The minimum absolute atomic E-state index is 0.235. The van der Waals surface area contributed by atoms with Crippen molar-refractivity contribution in [2.24, 2.45) is 0 Å². The van der Waals surface area contributed by atoms with Crippen LogP contribution in [0.25, 0.3) is 27.5 Å². The third kappa shape index (κ3) is 2.66. The van der Waals surface area contributed by atoms with E-state index in [1.807, 2.05) is 41.7 Å². The van der Waals surface area contributed by atoms with E-state index in [9.17, 15) is 9.90 Å². The first-order chi connectivity index (χ1) is 13.6. The Labute approximate surface area is 167 Å². The molecule has 2 heterocycles. The van der Waals surface area contributed by atoms with Gasteiger partial charge in [0.15, 0.2) is 10.7 Å². The number of aryl methyl sites for hydroxylation is 3. The Morgan fingerprint density at radius 2 is 1.79 bits per heavy atom. The van der Waals surface area contributed by atoms with E-state index >= 15 is 0 Å². The van der Waals surface area contributed by atoms with Gasteiger partial charge in [0, 0.05) is 10.4 Å². The molecule has 28 heavy (non-hydrogen) atoms. The molecular formula is C23H20N2O2S. The van der Waals surface area contributed by atoms with Gasteiger partial charge >= 0.3 is 5.97 Å². The molecule has 0 bridgehead atoms. The quantitative estimate of drug-likeness (QED) is 0.496. The highest BCUT2D eigenvalue weighted by atomic mass is 32.1. The molecule has 0 aliphatic heterocycles. The number of aromatic carboxylic acids is 1. The summed E-state index contributed by atoms with van der Waals surface area (Å²) in [7, 11) is 0. The van der Waals surface area contributed by atoms with Gasteiger partial charge in [0.2, 0.25) is 0 Å². The number of fused-ring (bicyclic) bond motifs is 2. The molecular weight excluding hydrogens is 368 g/mol. The molecule has 0 radical (unpaired) electrons. The molecule has 0 atom stereocenters. The number of benzene rings is 2. The van der Waals surface area contributed by atoms with Crippen molar-refractivity contribution in [2.45, 2.75) is 32.6 Å². The summed E-state index contributed by atoms with van der Waals surface area (Å²) >= 11 is 1.55. The second-order valence-electron chi connectivity index (χ2n) is 7.30. The summed E-state index contributed by atoms with van der Waals surface area (Å²) in [5.41, 5.74) is 6.42. The van der Waals surface area contributed by atoms with Crippen molar-refractivity contribution >= 4 is 22.3 Å². The minimum Gasteiger partial charge on any atom is -0.476 e. The van der Waals surface area contributed by atoms with Crippen molar-refractivity contribution in [3.63, 3.8) is 0 Å². The lowest BCUT2D eigenvalue weighted by Crippen LogP contribution is -2.06. The van der Waals surface area contributed by atoms with Crippen molar-refractivity contribution in [3.05, 3.63) is 70.2 Å². The Bertz CT molecular complexity index is 1200. The van der Waals surface area contributed by atoms with Crippen LogP contribution >= 0.6 is 11.3 Å². The summed E-state index contributed by atoms with van der Waals surface area (Å²) in [5.74, 6) is -0.955. The van der Waals surface area contributed by atoms with Crippen LogP contribution in [0.5, 0.6) is 0 Å². The van der Waals surface area contributed by atoms with Gasteiger partial charge in [-0.2, -0.15) is 0 Å². The molecule has 1 N–H and O–H groups in total. The van der Waals surface area contributed by atoms with Gasteiger partial charge in [-0.15, -0.1) is 11.3 Å². The van der Waals surface area contributed by atoms with E-state index in [1.54, 1.807) is 11.3 Å². The van der Waals surface area contributed by atoms with Crippen LogP contribution in [0, 0.1) is 6.92 Å². The SMILES string of the molecule is Cc1sc2nc(-c3ccccc3)c(C(=O)O)n2c1-c1ccc2c(c1)CCCC2. The number of imidazole rings is 1. The van der Waals surface area contributed by atoms with E-state index in [2.05, 4.69) is 18.2 Å². The average molecular weight is 388 g/mol. The lowest BCUT2D eigenvalue weighted by atomic mass is 9.90. The fraction of sp³-hybridized carbons (Fsp3) is 0.217. The van der Waals surface area contributed by atoms with Crippen LogP contribution in [0.3, 0.4) is 0 Å². The maximum absolute atomic E-state index is 12.2. The number of rotatable bonds is 3. The number of hydrogen-bond acceptors (Lipinski definition) is 3. The van der Waals surface area contributed by atoms with Gasteiger partial charge in [0.25, 0.3) is 0 Å². The van der Waals surface area contributed by atoms with E-state index < -0.39 is 5.97 Å². The average Bonchev–Trinajstić information content (AvgIpc) is 3.22. The normalized spacial score (nSPS) is 13.6. The van der Waals surface area contributed by atoms with Crippen LogP contribution in [0.4, 0.5) is 0 Å². The van der Waals surface area contributed by atoms with E-state index in [-0.39, 0.29) is 5.69 Å². The summed E-state index contributed by atoms with van der Waals surface area (Å²) in [6.07, 6.45) is 4.70. The molecule has 0 spiro atoms. The second kappa shape index (κ2) is 6.60. The summed E-state index contributed by atoms with van der Waals surface area (Å²) in [6, 6.07) is 16.1. The number of carboxylic acid groups (broad SMARTS) is 1. The number of carboxylic acids is 1. The Morgan fingerprint density at radius 3 is 2.54 bits per heavy atom. The van der Waals surface area contributed by atoms with Crippen LogP contribution < -0.4 is 0 Å². The number of carbonyl (C=O) groups is 1. The van der Waals surface area contributed by atoms with E-state index in [4.69, 9.17) is 4.98 Å². The number of hydrogen-bond donors (Lipinski definition) is 1. The zero-order valence-corrected chi connectivity index (χ0v) is 16.4. The molecule has 1 aliphatic carbocycles. The highest BCUT2D eigenvalue weighted by Crippen LogP contribution is 2.37. The van der Waals surface area contributed by atoms with Gasteiger partial charge in [-0.1, -0.05) is 42.5 Å². The molecule has 0 saturated carbocycles. The summed E-state index contributed by atoms with van der Waals surface area (Å²) in [5, 5.41) is 10.0. The van der Waals surface area contributed by atoms with Crippen LogP contribution in [0.15, 0.2) is 48.5 Å². The van der Waals surface area contributed by atoms with E-state index in [1.165, 1.54) is 24.0 Å². The lowest BCUT2D eigenvalue weighted by molar-refractivity contribution is 0.0690. The van der Waals surface area contributed by atoms with Crippen molar-refractivity contribution < 1.29 is 9.90 Å². The summed E-state index contributed by atoms with van der Waals surface area (Å²) < 4.78 is 1.83. The van der Waals surface area contributed by atoms with Gasteiger partial charge < -0.3 is 5.11 Å². The zero-order valence-electron chi connectivity index (χ0n) is 15.6. The van der Waals surface area contributed by atoms with Gasteiger partial charge in [-0.05, 0) is 55.4 Å². The van der Waals surface area contributed by atoms with Gasteiger partial charge in [0.1, 0.15) is 5.69 Å². The van der Waals surface area contributed by atoms with Crippen LogP contribution in [0.1, 0.15) is 39.3 Å². The standard InChI is InChI=1S/C23H20N2O2S/c1-14-20(18-12-11-15-7-5-6-10-17(15)13-18)25-21(22(26)27)19(24-23(25)28-14)16-8-3-2-4-9-16/h2-4,8-9,11-13H,5-7,10H2,1H3,(H,26,27). The topological polar surface area (TPSA) is 54.6 Å². The zero-order chi connectivity index (χ0) is 19.3. The molecule has 0 fully saturated rings. The fourth-order valence-corrected chi connectivity index (χ4v) is 5.22. The smallest absolute Gasteiger partial charge is 0.355 e. The third-order valence-corrected chi connectivity index (χ3v) is 6.48. The maximum atomic E-state index is 12.2. The Balaban J connectivity index is 1.77. The van der Waals surface area contributed by atoms with Crippen LogP contribution in [-0.2, 0) is 12.8 Å². The van der Waals surface area contributed by atoms with E-state index in [0.717, 1.165) is 39.5 Å². The van der Waals surface area contributed by atoms with Gasteiger partial charge in [0.05, 0.1) is 5.69 Å². The minimum atomic E-state index is -0.955. The highest BCUT2D eigenvalue weighted by molar-refractivity contribution is 7.17. The first kappa shape index (κ1) is 17.2. The fourth-order valence-electron chi connectivity index (χ4n) is 4.23. The molecule has 0 unspecified atom stereocenters. The van der Waals surface area contributed by atoms with Crippen molar-refractivity contribution in [2.75, 3.05) is 0 Å². The first-order valence-corrected chi connectivity index (χ1v) is 10.4. The maximum Gasteiger partial charge on any atom is 0.355 e. The molecule has 5 heteroatoms. The predicted molar refractivity (Wildman–Crippen MR) is 112 cm³/mol. The third-order valence-electron chi connectivity index (χ3n) is 5.52. The van der Waals surface area contributed by atoms with Crippen molar-refractivity contribution in [1.82, 2.24) is 9.38 Å². The molecule has 0 amide bonds. The molecule has 5 rings (SSSR count). The van der Waals surface area contributed by atoms with Crippen molar-refractivity contribution in [1.29, 1.82) is 0 Å². The number of nitrogens with zero attached hydrogens (tertiary/aromatic N) is 2. The summed E-state index contributed by atoms with van der Waals surface area (Å²) in [6.45, 7) is 2.04. The molecule has 1 aliphatic rings. The molecule has 4 aromatic rings. The Hall–Kier alpha value is -2.92. The number of aromatic nitrogens is 2. The Kier molecular flexibility index (Phi) is 4.05. The van der Waals surface area contributed by atoms with Crippen LogP contribution in [-0.4, -0.2) is 20.5 Å². The molecule has 0 saturated heterocycles. The van der Waals surface area contributed by atoms with Gasteiger partial charge in [-0.25, -0.2) is 9.78 Å². The van der Waals surface area contributed by atoms with Crippen molar-refractivity contribution in [3.8, 4) is 22.5 Å². The largest absolute Gasteiger partial charge is 0.476 e. The molecule has 2 aromatic heterocycles.